The van der Waals surface area contributed by atoms with Crippen LogP contribution in [-0.2, 0) is 14.3 Å². The van der Waals surface area contributed by atoms with Crippen molar-refractivity contribution in [1.82, 2.24) is 0 Å². The number of ether oxygens (including phenoxy) is 2. The monoisotopic (exact) mass is 188 g/mol. The van der Waals surface area contributed by atoms with Gasteiger partial charge in [0, 0.05) is 0 Å². The van der Waals surface area contributed by atoms with E-state index >= 15 is 0 Å². The van der Waals surface area contributed by atoms with Gasteiger partial charge in [-0.3, -0.25) is 4.79 Å². The largest absolute Gasteiger partial charge is 0.466 e. The van der Waals surface area contributed by atoms with E-state index in [1.807, 2.05) is 13.8 Å². The zero-order valence-electron chi connectivity index (χ0n) is 9.05. The summed E-state index contributed by atoms with van der Waals surface area (Å²) in [6.45, 7) is 8.77. The van der Waals surface area contributed by atoms with E-state index in [4.69, 9.17) is 9.47 Å². The van der Waals surface area contributed by atoms with Crippen molar-refractivity contribution in [3.8, 4) is 0 Å². The van der Waals surface area contributed by atoms with Gasteiger partial charge >= 0.3 is 5.97 Å². The molecule has 3 heteroatoms. The molecule has 0 aromatic rings. The van der Waals surface area contributed by atoms with Gasteiger partial charge in [-0.2, -0.15) is 0 Å². The first-order chi connectivity index (χ1) is 6.02. The van der Waals surface area contributed by atoms with E-state index < -0.39 is 0 Å². The average molecular weight is 188 g/mol. The molecule has 0 aromatic carbocycles. The highest BCUT2D eigenvalue weighted by Crippen LogP contribution is 2.13. The van der Waals surface area contributed by atoms with E-state index in [9.17, 15) is 4.79 Å². The van der Waals surface area contributed by atoms with E-state index in [1.54, 1.807) is 6.92 Å². The molecule has 0 fully saturated rings. The van der Waals surface area contributed by atoms with Gasteiger partial charge in [0.15, 0.2) is 0 Å². The maximum Gasteiger partial charge on any atom is 0.308 e. The topological polar surface area (TPSA) is 35.5 Å². The fourth-order valence-electron chi connectivity index (χ4n) is 0.746. The Hall–Kier alpha value is -0.570. The van der Waals surface area contributed by atoms with Gasteiger partial charge in [-0.1, -0.05) is 6.92 Å². The molecule has 3 nitrogen and oxygen atoms in total. The Morgan fingerprint density at radius 3 is 2.38 bits per heavy atom. The Balaban J connectivity index is 3.50. The Kier molecular flexibility index (Phi) is 5.71. The minimum Gasteiger partial charge on any atom is -0.466 e. The molecule has 0 spiro atoms. The van der Waals surface area contributed by atoms with Crippen molar-refractivity contribution >= 4 is 5.97 Å². The minimum absolute atomic E-state index is 0.132. The third-order valence-electron chi connectivity index (χ3n) is 1.96. The molecule has 0 saturated heterocycles. The molecular formula is C10H20O3. The molecule has 0 aliphatic rings. The molecule has 0 bridgehead atoms. The molecule has 0 atom stereocenters. The fourth-order valence-corrected chi connectivity index (χ4v) is 0.746. The predicted molar refractivity (Wildman–Crippen MR) is 51.6 cm³/mol. The summed E-state index contributed by atoms with van der Waals surface area (Å²) < 4.78 is 10.3. The highest BCUT2D eigenvalue weighted by molar-refractivity contribution is 5.69. The van der Waals surface area contributed by atoms with E-state index in [1.165, 1.54) is 0 Å². The van der Waals surface area contributed by atoms with Crippen molar-refractivity contribution in [3.63, 3.8) is 0 Å². The maximum atomic E-state index is 10.9. The Morgan fingerprint density at radius 2 is 1.92 bits per heavy atom. The molecule has 0 aliphatic heterocycles. The van der Waals surface area contributed by atoms with Gasteiger partial charge < -0.3 is 9.47 Å². The van der Waals surface area contributed by atoms with Gasteiger partial charge in [0.25, 0.3) is 0 Å². The number of hydrogen-bond acceptors (Lipinski definition) is 3. The highest BCUT2D eigenvalue weighted by atomic mass is 16.5. The van der Waals surface area contributed by atoms with Crippen molar-refractivity contribution in [2.45, 2.75) is 46.1 Å². The number of esters is 1. The molecule has 0 saturated carbocycles. The lowest BCUT2D eigenvalue weighted by Crippen LogP contribution is -2.24. The van der Waals surface area contributed by atoms with Crippen LogP contribution in [0, 0.1) is 0 Å². The van der Waals surface area contributed by atoms with Crippen LogP contribution in [0.4, 0.5) is 0 Å². The smallest absolute Gasteiger partial charge is 0.308 e. The van der Waals surface area contributed by atoms with E-state index in [0.717, 1.165) is 6.42 Å². The zero-order valence-corrected chi connectivity index (χ0v) is 9.05. The number of hydrogen-bond donors (Lipinski definition) is 0. The second-order valence-electron chi connectivity index (χ2n) is 3.52. The van der Waals surface area contributed by atoms with Crippen LogP contribution in [-0.4, -0.2) is 24.8 Å². The van der Waals surface area contributed by atoms with Crippen LogP contribution in [0.2, 0.25) is 0 Å². The zero-order chi connectivity index (χ0) is 10.3. The third-order valence-corrected chi connectivity index (χ3v) is 1.96. The van der Waals surface area contributed by atoms with Crippen LogP contribution in [0.1, 0.15) is 40.5 Å². The molecule has 0 aliphatic carbocycles. The van der Waals surface area contributed by atoms with Crippen molar-refractivity contribution in [2.75, 3.05) is 13.2 Å². The van der Waals surface area contributed by atoms with Gasteiger partial charge in [0.1, 0.15) is 0 Å². The van der Waals surface area contributed by atoms with Gasteiger partial charge in [-0.25, -0.2) is 0 Å². The summed E-state index contributed by atoms with van der Waals surface area (Å²) in [5, 5.41) is 0. The summed E-state index contributed by atoms with van der Waals surface area (Å²) in [6.07, 6.45) is 1.28. The van der Waals surface area contributed by atoms with Gasteiger partial charge in [-0.05, 0) is 27.2 Å². The number of carbonyl (C=O) groups excluding carboxylic acids is 1. The van der Waals surface area contributed by atoms with E-state index in [0.29, 0.717) is 19.6 Å². The maximum absolute atomic E-state index is 10.9. The van der Waals surface area contributed by atoms with Crippen molar-refractivity contribution < 1.29 is 14.3 Å². The molecule has 78 valence electrons. The summed E-state index contributed by atoms with van der Waals surface area (Å²) in [5.41, 5.74) is -0.132. The van der Waals surface area contributed by atoms with E-state index in [-0.39, 0.29) is 11.6 Å². The SMILES string of the molecule is CCOC(=O)CCOC(C)(C)CC. The Morgan fingerprint density at radius 1 is 1.31 bits per heavy atom. The summed E-state index contributed by atoms with van der Waals surface area (Å²) in [5.74, 6) is -0.186. The van der Waals surface area contributed by atoms with Crippen LogP contribution >= 0.6 is 0 Å². The number of rotatable bonds is 6. The second-order valence-corrected chi connectivity index (χ2v) is 3.52. The van der Waals surface area contributed by atoms with Gasteiger partial charge in [0.05, 0.1) is 25.2 Å². The predicted octanol–water partition coefficient (Wildman–Crippen LogP) is 2.14. The van der Waals surface area contributed by atoms with Gasteiger partial charge in [-0.15, -0.1) is 0 Å². The Labute approximate surface area is 80.4 Å². The summed E-state index contributed by atoms with van der Waals surface area (Å²) in [4.78, 5) is 10.9. The molecule has 0 heterocycles. The van der Waals surface area contributed by atoms with Crippen LogP contribution in [0.15, 0.2) is 0 Å². The van der Waals surface area contributed by atoms with E-state index in [2.05, 4.69) is 6.92 Å². The van der Waals surface area contributed by atoms with Crippen molar-refractivity contribution in [2.24, 2.45) is 0 Å². The summed E-state index contributed by atoms with van der Waals surface area (Å²) in [7, 11) is 0. The first kappa shape index (κ1) is 12.4. The molecule has 13 heavy (non-hydrogen) atoms. The lowest BCUT2D eigenvalue weighted by molar-refractivity contribution is -0.145. The number of carbonyl (C=O) groups is 1. The molecule has 0 unspecified atom stereocenters. The lowest BCUT2D eigenvalue weighted by Gasteiger charge is -2.22. The molecule has 0 aromatic heterocycles. The first-order valence-corrected chi connectivity index (χ1v) is 4.81. The van der Waals surface area contributed by atoms with Crippen LogP contribution in [0.5, 0.6) is 0 Å². The van der Waals surface area contributed by atoms with Crippen LogP contribution < -0.4 is 0 Å². The van der Waals surface area contributed by atoms with Crippen molar-refractivity contribution in [3.05, 3.63) is 0 Å². The third kappa shape index (κ3) is 6.58. The normalized spacial score (nSPS) is 11.4. The second kappa shape index (κ2) is 5.97. The molecule has 0 amide bonds. The fraction of sp³-hybridized carbons (Fsp3) is 0.900. The standard InChI is InChI=1S/C10H20O3/c1-5-10(3,4)13-8-7-9(11)12-6-2/h5-8H2,1-4H3. The minimum atomic E-state index is -0.186. The summed E-state index contributed by atoms with van der Waals surface area (Å²) >= 11 is 0. The van der Waals surface area contributed by atoms with Crippen LogP contribution in [0.25, 0.3) is 0 Å². The lowest BCUT2D eigenvalue weighted by atomic mass is 10.1. The van der Waals surface area contributed by atoms with Crippen LogP contribution in [0.3, 0.4) is 0 Å². The summed E-state index contributed by atoms with van der Waals surface area (Å²) in [6, 6.07) is 0. The first-order valence-electron chi connectivity index (χ1n) is 4.81. The molecule has 0 N–H and O–H groups in total. The quantitative estimate of drug-likeness (QED) is 0.599. The van der Waals surface area contributed by atoms with Crippen molar-refractivity contribution in [1.29, 1.82) is 0 Å². The van der Waals surface area contributed by atoms with Gasteiger partial charge in [0.2, 0.25) is 0 Å². The molecule has 0 rings (SSSR count). The highest BCUT2D eigenvalue weighted by Gasteiger charge is 2.15. The average Bonchev–Trinajstić information content (AvgIpc) is 2.05. The Bertz CT molecular complexity index is 152. The molecular weight excluding hydrogens is 168 g/mol. The molecule has 0 radical (unpaired) electrons.